The van der Waals surface area contributed by atoms with E-state index in [1.807, 2.05) is 6.92 Å². The molecule has 0 radical (unpaired) electrons. The predicted octanol–water partition coefficient (Wildman–Crippen LogP) is 2.93. The van der Waals surface area contributed by atoms with E-state index in [1.54, 1.807) is 30.3 Å². The Hall–Kier alpha value is -2.10. The average molecular weight is 451 g/mol. The summed E-state index contributed by atoms with van der Waals surface area (Å²) < 4.78 is 60.9. The van der Waals surface area contributed by atoms with Gasteiger partial charge < -0.3 is 4.74 Å². The maximum absolute atomic E-state index is 13.4. The van der Waals surface area contributed by atoms with E-state index in [0.717, 1.165) is 30.4 Å². The van der Waals surface area contributed by atoms with Crippen LogP contribution in [0.5, 0.6) is 5.75 Å². The molecular weight excluding hydrogens is 424 g/mol. The zero-order valence-corrected chi connectivity index (χ0v) is 18.8. The lowest BCUT2D eigenvalue weighted by Crippen LogP contribution is -2.35. The molecule has 2 aromatic carbocycles. The number of hydrogen-bond acceptors (Lipinski definition) is 5. The number of fused-ring (bicyclic) bond motifs is 1. The quantitative estimate of drug-likeness (QED) is 0.699. The molecule has 2 aliphatic rings. The van der Waals surface area contributed by atoms with Crippen molar-refractivity contribution in [3.05, 3.63) is 47.5 Å². The monoisotopic (exact) mass is 450 g/mol. The fraction of sp³-hybridized carbons (Fsp3) is 0.429. The van der Waals surface area contributed by atoms with Gasteiger partial charge in [0, 0.05) is 19.6 Å². The Morgan fingerprint density at radius 2 is 1.60 bits per heavy atom. The molecule has 0 bridgehead atoms. The van der Waals surface area contributed by atoms with Gasteiger partial charge >= 0.3 is 0 Å². The van der Waals surface area contributed by atoms with E-state index < -0.39 is 20.0 Å². The largest absolute Gasteiger partial charge is 0.495 e. The first-order valence-electron chi connectivity index (χ1n) is 10.1. The first kappa shape index (κ1) is 21.1. The van der Waals surface area contributed by atoms with Gasteiger partial charge in [0.05, 0.1) is 17.7 Å². The Bertz CT molecular complexity index is 1170. The second-order valence-corrected chi connectivity index (χ2v) is 11.5. The Labute approximate surface area is 178 Å². The van der Waals surface area contributed by atoms with E-state index in [9.17, 15) is 16.8 Å². The number of nitrogens with zero attached hydrogens (tertiary/aromatic N) is 2. The van der Waals surface area contributed by atoms with Crippen molar-refractivity contribution in [2.45, 2.75) is 42.4 Å². The van der Waals surface area contributed by atoms with Crippen molar-refractivity contribution in [1.82, 2.24) is 4.31 Å². The van der Waals surface area contributed by atoms with E-state index in [0.29, 0.717) is 30.9 Å². The molecule has 30 heavy (non-hydrogen) atoms. The number of sulfonamides is 2. The van der Waals surface area contributed by atoms with Crippen molar-refractivity contribution in [3.8, 4) is 5.75 Å². The van der Waals surface area contributed by atoms with Crippen LogP contribution in [0.1, 0.15) is 30.4 Å². The highest BCUT2D eigenvalue weighted by Crippen LogP contribution is 2.37. The fourth-order valence-electron chi connectivity index (χ4n) is 4.12. The van der Waals surface area contributed by atoms with Gasteiger partial charge in [-0.05, 0) is 67.6 Å². The third kappa shape index (κ3) is 3.59. The number of benzene rings is 2. The highest BCUT2D eigenvalue weighted by molar-refractivity contribution is 7.93. The van der Waals surface area contributed by atoms with Gasteiger partial charge in [0.25, 0.3) is 10.0 Å². The SMILES string of the molecule is COc1ccc(C)cc1S(=O)(=O)N1CCc2cc(S(=O)(=O)N3CCCCC3)ccc21. The second-order valence-electron chi connectivity index (χ2n) is 7.74. The molecular formula is C21H26N2O5S2. The molecule has 0 aliphatic carbocycles. The minimum atomic E-state index is -3.84. The molecule has 2 heterocycles. The van der Waals surface area contributed by atoms with Crippen LogP contribution in [0.25, 0.3) is 0 Å². The van der Waals surface area contributed by atoms with E-state index in [2.05, 4.69) is 0 Å². The van der Waals surface area contributed by atoms with Crippen molar-refractivity contribution >= 4 is 25.7 Å². The molecule has 0 amide bonds. The first-order chi connectivity index (χ1) is 14.2. The lowest BCUT2D eigenvalue weighted by molar-refractivity contribution is 0.346. The second kappa shape index (κ2) is 7.86. The summed E-state index contributed by atoms with van der Waals surface area (Å²) in [5, 5.41) is 0. The number of ether oxygens (including phenoxy) is 1. The summed E-state index contributed by atoms with van der Waals surface area (Å²) >= 11 is 0. The summed E-state index contributed by atoms with van der Waals surface area (Å²) in [7, 11) is -5.95. The summed E-state index contributed by atoms with van der Waals surface area (Å²) in [6.45, 7) is 3.16. The molecule has 162 valence electrons. The summed E-state index contributed by atoms with van der Waals surface area (Å²) in [5.74, 6) is 0.290. The number of hydrogen-bond donors (Lipinski definition) is 0. The van der Waals surface area contributed by atoms with Gasteiger partial charge in [-0.25, -0.2) is 16.8 Å². The smallest absolute Gasteiger partial charge is 0.268 e. The van der Waals surface area contributed by atoms with Crippen molar-refractivity contribution in [2.24, 2.45) is 0 Å². The molecule has 0 aromatic heterocycles. The molecule has 1 saturated heterocycles. The van der Waals surface area contributed by atoms with Crippen LogP contribution in [0.3, 0.4) is 0 Å². The molecule has 4 rings (SSSR count). The van der Waals surface area contributed by atoms with Crippen LogP contribution in [-0.2, 0) is 26.5 Å². The van der Waals surface area contributed by atoms with Crippen molar-refractivity contribution < 1.29 is 21.6 Å². The van der Waals surface area contributed by atoms with Gasteiger partial charge in [0.1, 0.15) is 10.6 Å². The van der Waals surface area contributed by atoms with Gasteiger partial charge in [0.2, 0.25) is 10.0 Å². The van der Waals surface area contributed by atoms with Crippen LogP contribution in [0, 0.1) is 6.92 Å². The van der Waals surface area contributed by atoms with Crippen LogP contribution in [0.2, 0.25) is 0 Å². The Morgan fingerprint density at radius 3 is 2.30 bits per heavy atom. The maximum atomic E-state index is 13.4. The standard InChI is InChI=1S/C21H26N2O5S2/c1-16-6-9-20(28-2)21(14-16)30(26,27)23-13-10-17-15-18(7-8-19(17)23)29(24,25)22-11-4-3-5-12-22/h6-9,14-15H,3-5,10-13H2,1-2H3. The number of rotatable bonds is 5. The maximum Gasteiger partial charge on any atom is 0.268 e. The molecule has 2 aliphatic heterocycles. The van der Waals surface area contributed by atoms with Crippen LogP contribution in [0.15, 0.2) is 46.2 Å². The minimum absolute atomic E-state index is 0.114. The lowest BCUT2D eigenvalue weighted by Gasteiger charge is -2.26. The lowest BCUT2D eigenvalue weighted by atomic mass is 10.2. The van der Waals surface area contributed by atoms with Crippen LogP contribution < -0.4 is 9.04 Å². The Morgan fingerprint density at radius 1 is 0.867 bits per heavy atom. The van der Waals surface area contributed by atoms with Crippen molar-refractivity contribution in [2.75, 3.05) is 31.0 Å². The van der Waals surface area contributed by atoms with E-state index in [4.69, 9.17) is 4.74 Å². The Kier molecular flexibility index (Phi) is 5.54. The zero-order valence-electron chi connectivity index (χ0n) is 17.2. The average Bonchev–Trinajstić information content (AvgIpc) is 3.18. The van der Waals surface area contributed by atoms with Gasteiger partial charge in [0.15, 0.2) is 0 Å². The van der Waals surface area contributed by atoms with Crippen LogP contribution >= 0.6 is 0 Å². The third-order valence-corrected chi connectivity index (χ3v) is 9.47. The van der Waals surface area contributed by atoms with Crippen LogP contribution in [0.4, 0.5) is 5.69 Å². The minimum Gasteiger partial charge on any atom is -0.495 e. The zero-order chi connectivity index (χ0) is 21.5. The first-order valence-corrected chi connectivity index (χ1v) is 12.9. The number of aryl methyl sites for hydroxylation is 1. The highest BCUT2D eigenvalue weighted by atomic mass is 32.2. The molecule has 0 N–H and O–H groups in total. The molecule has 0 atom stereocenters. The fourth-order valence-corrected chi connectivity index (χ4v) is 7.43. The van der Waals surface area contributed by atoms with Crippen molar-refractivity contribution in [3.63, 3.8) is 0 Å². The highest BCUT2D eigenvalue weighted by Gasteiger charge is 2.34. The third-order valence-electron chi connectivity index (χ3n) is 5.74. The van der Waals surface area contributed by atoms with Crippen molar-refractivity contribution in [1.29, 1.82) is 0 Å². The molecule has 1 fully saturated rings. The molecule has 7 nitrogen and oxygen atoms in total. The van der Waals surface area contributed by atoms with Gasteiger partial charge in [-0.3, -0.25) is 4.31 Å². The molecule has 9 heteroatoms. The normalized spacial score (nSPS) is 17.7. The predicted molar refractivity (Wildman–Crippen MR) is 115 cm³/mol. The molecule has 0 spiro atoms. The van der Waals surface area contributed by atoms with Gasteiger partial charge in [-0.1, -0.05) is 12.5 Å². The number of methoxy groups -OCH3 is 1. The van der Waals surface area contributed by atoms with Gasteiger partial charge in [-0.15, -0.1) is 0 Å². The Balaban J connectivity index is 1.70. The summed E-state index contributed by atoms with van der Waals surface area (Å²) in [6, 6.07) is 9.80. The van der Waals surface area contributed by atoms with E-state index >= 15 is 0 Å². The topological polar surface area (TPSA) is 84.0 Å². The number of anilines is 1. The summed E-state index contributed by atoms with van der Waals surface area (Å²) in [4.78, 5) is 0.346. The van der Waals surface area contributed by atoms with Gasteiger partial charge in [-0.2, -0.15) is 4.31 Å². The number of piperidine rings is 1. The molecule has 0 unspecified atom stereocenters. The van der Waals surface area contributed by atoms with Crippen LogP contribution in [-0.4, -0.2) is 47.9 Å². The van der Waals surface area contributed by atoms with E-state index in [1.165, 1.54) is 21.8 Å². The molecule has 0 saturated carbocycles. The summed E-state index contributed by atoms with van der Waals surface area (Å²) in [6.07, 6.45) is 3.25. The summed E-state index contributed by atoms with van der Waals surface area (Å²) in [5.41, 5.74) is 2.07. The molecule has 2 aromatic rings. The van der Waals surface area contributed by atoms with E-state index in [-0.39, 0.29) is 16.3 Å².